The number of nitrogens with zero attached hydrogens (tertiary/aromatic N) is 2. The first-order valence-electron chi connectivity index (χ1n) is 10.1. The fourth-order valence-corrected chi connectivity index (χ4v) is 5.00. The van der Waals surface area contributed by atoms with Gasteiger partial charge in [0.1, 0.15) is 6.54 Å². The van der Waals surface area contributed by atoms with E-state index in [4.69, 9.17) is 0 Å². The molecule has 6 nitrogen and oxygen atoms in total. The van der Waals surface area contributed by atoms with Gasteiger partial charge in [-0.15, -0.1) is 11.8 Å². The van der Waals surface area contributed by atoms with E-state index < -0.39 is 10.0 Å². The van der Waals surface area contributed by atoms with Gasteiger partial charge in [0.05, 0.1) is 11.9 Å². The smallest absolute Gasteiger partial charge is 0.240 e. The van der Waals surface area contributed by atoms with Gasteiger partial charge in [0.25, 0.3) is 0 Å². The summed E-state index contributed by atoms with van der Waals surface area (Å²) in [5.74, 6) is -0.297. The van der Waals surface area contributed by atoms with Crippen molar-refractivity contribution in [2.45, 2.75) is 24.2 Å². The monoisotopic (exact) mass is 447 g/mol. The SMILES string of the molecule is CSc1cccc(N(CC(=O)NCCCN2CCCc3ccccc32)S(C)(=O)=O)c1. The van der Waals surface area contributed by atoms with Gasteiger partial charge in [-0.2, -0.15) is 0 Å². The van der Waals surface area contributed by atoms with Crippen molar-refractivity contribution in [2.24, 2.45) is 0 Å². The Balaban J connectivity index is 1.53. The highest BCUT2D eigenvalue weighted by atomic mass is 32.2. The molecule has 0 spiro atoms. The molecule has 0 aromatic heterocycles. The Hall–Kier alpha value is -2.19. The average Bonchev–Trinajstić information content (AvgIpc) is 2.74. The first kappa shape index (κ1) is 22.5. The molecule has 1 amide bonds. The molecule has 30 heavy (non-hydrogen) atoms. The third-order valence-electron chi connectivity index (χ3n) is 5.16. The molecule has 1 aliphatic rings. The fourth-order valence-electron chi connectivity index (χ4n) is 3.69. The molecule has 162 valence electrons. The first-order valence-corrected chi connectivity index (χ1v) is 13.2. The molecule has 1 aliphatic heterocycles. The van der Waals surface area contributed by atoms with Crippen molar-refractivity contribution < 1.29 is 13.2 Å². The molecule has 0 fully saturated rings. The lowest BCUT2D eigenvalue weighted by molar-refractivity contribution is -0.119. The van der Waals surface area contributed by atoms with Crippen molar-refractivity contribution in [1.82, 2.24) is 5.32 Å². The molecule has 0 saturated carbocycles. The van der Waals surface area contributed by atoms with Crippen LogP contribution in [-0.2, 0) is 21.2 Å². The largest absolute Gasteiger partial charge is 0.371 e. The van der Waals surface area contributed by atoms with Crippen LogP contribution in [0.3, 0.4) is 0 Å². The third kappa shape index (κ3) is 5.92. The number of rotatable bonds is 9. The van der Waals surface area contributed by atoms with Gasteiger partial charge in [0, 0.05) is 30.2 Å². The molecule has 0 radical (unpaired) electrons. The standard InChI is InChI=1S/C22H29N3O3S2/c1-29-20-11-5-10-19(16-20)25(30(2,27)28)17-22(26)23-13-7-15-24-14-6-9-18-8-3-4-12-21(18)24/h3-5,8,10-12,16H,6-7,9,13-15,17H2,1-2H3,(H,23,26). The van der Waals surface area contributed by atoms with Crippen LogP contribution in [0.15, 0.2) is 53.4 Å². The number of aryl methyl sites for hydroxylation is 1. The van der Waals surface area contributed by atoms with Crippen LogP contribution in [0.1, 0.15) is 18.4 Å². The molecule has 2 aromatic carbocycles. The molecule has 0 aliphatic carbocycles. The number of para-hydroxylation sites is 1. The first-order chi connectivity index (χ1) is 14.4. The third-order valence-corrected chi connectivity index (χ3v) is 7.03. The number of carbonyl (C=O) groups excluding carboxylic acids is 1. The predicted octanol–water partition coefficient (Wildman–Crippen LogP) is 3.13. The van der Waals surface area contributed by atoms with E-state index in [2.05, 4.69) is 34.5 Å². The second-order valence-corrected chi connectivity index (χ2v) is 10.2. The molecule has 3 rings (SSSR count). The summed E-state index contributed by atoms with van der Waals surface area (Å²) in [6, 6.07) is 15.7. The fraction of sp³-hybridized carbons (Fsp3) is 0.409. The van der Waals surface area contributed by atoms with Gasteiger partial charge in [-0.25, -0.2) is 8.42 Å². The molecule has 2 aromatic rings. The molecule has 0 bridgehead atoms. The maximum Gasteiger partial charge on any atom is 0.240 e. The van der Waals surface area contributed by atoms with Crippen molar-refractivity contribution in [3.8, 4) is 0 Å². The van der Waals surface area contributed by atoms with Crippen LogP contribution in [0.25, 0.3) is 0 Å². The molecule has 1 N–H and O–H groups in total. The molecular weight excluding hydrogens is 418 g/mol. The van der Waals surface area contributed by atoms with Crippen LogP contribution >= 0.6 is 11.8 Å². The lowest BCUT2D eigenvalue weighted by Crippen LogP contribution is -2.41. The second kappa shape index (κ2) is 10.2. The quantitative estimate of drug-likeness (QED) is 0.472. The number of benzene rings is 2. The van der Waals surface area contributed by atoms with Crippen LogP contribution in [0.4, 0.5) is 11.4 Å². The van der Waals surface area contributed by atoms with Crippen LogP contribution in [0, 0.1) is 0 Å². The van der Waals surface area contributed by atoms with Crippen molar-refractivity contribution in [3.63, 3.8) is 0 Å². The van der Waals surface area contributed by atoms with Gasteiger partial charge in [0.2, 0.25) is 15.9 Å². The van der Waals surface area contributed by atoms with Crippen molar-refractivity contribution >= 4 is 39.1 Å². The Bertz CT molecular complexity index is 979. The van der Waals surface area contributed by atoms with E-state index in [1.807, 2.05) is 12.3 Å². The van der Waals surface area contributed by atoms with Crippen LogP contribution in [0.5, 0.6) is 0 Å². The zero-order valence-corrected chi connectivity index (χ0v) is 19.1. The summed E-state index contributed by atoms with van der Waals surface area (Å²) in [5.41, 5.74) is 3.17. The summed E-state index contributed by atoms with van der Waals surface area (Å²) < 4.78 is 25.7. The van der Waals surface area contributed by atoms with Crippen molar-refractivity contribution in [2.75, 3.05) is 47.9 Å². The van der Waals surface area contributed by atoms with Crippen LogP contribution in [0.2, 0.25) is 0 Å². The number of anilines is 2. The van der Waals surface area contributed by atoms with Crippen LogP contribution in [-0.4, -0.2) is 53.0 Å². The number of nitrogens with one attached hydrogen (secondary N) is 1. The summed E-state index contributed by atoms with van der Waals surface area (Å²) in [7, 11) is -3.56. The number of hydrogen-bond acceptors (Lipinski definition) is 5. The minimum atomic E-state index is -3.56. The maximum absolute atomic E-state index is 12.4. The minimum absolute atomic E-state index is 0.219. The number of carbonyl (C=O) groups is 1. The summed E-state index contributed by atoms with van der Waals surface area (Å²) in [6.07, 6.45) is 6.11. The molecule has 0 unspecified atom stereocenters. The van der Waals surface area contributed by atoms with E-state index in [1.54, 1.807) is 18.2 Å². The van der Waals surface area contributed by atoms with Gasteiger partial charge in [-0.3, -0.25) is 9.10 Å². The van der Waals surface area contributed by atoms with Gasteiger partial charge in [-0.1, -0.05) is 24.3 Å². The second-order valence-electron chi connectivity index (χ2n) is 7.39. The Morgan fingerprint density at radius 2 is 2.00 bits per heavy atom. The normalized spacial score (nSPS) is 13.6. The molecule has 8 heteroatoms. The van der Waals surface area contributed by atoms with E-state index in [0.29, 0.717) is 12.2 Å². The highest BCUT2D eigenvalue weighted by Crippen LogP contribution is 2.26. The van der Waals surface area contributed by atoms with Crippen LogP contribution < -0.4 is 14.5 Å². The number of hydrogen-bond donors (Lipinski definition) is 1. The summed E-state index contributed by atoms with van der Waals surface area (Å²) in [4.78, 5) is 15.8. The van der Waals surface area contributed by atoms with E-state index in [1.165, 1.54) is 23.0 Å². The number of thioether (sulfide) groups is 1. The van der Waals surface area contributed by atoms with Gasteiger partial charge in [0.15, 0.2) is 0 Å². The summed E-state index contributed by atoms with van der Waals surface area (Å²) >= 11 is 1.53. The lowest BCUT2D eigenvalue weighted by Gasteiger charge is -2.31. The Labute approximate surface area is 183 Å². The highest BCUT2D eigenvalue weighted by Gasteiger charge is 2.21. The number of fused-ring (bicyclic) bond motifs is 1. The Morgan fingerprint density at radius 3 is 2.77 bits per heavy atom. The maximum atomic E-state index is 12.4. The van der Waals surface area contributed by atoms with Crippen molar-refractivity contribution in [1.29, 1.82) is 0 Å². The van der Waals surface area contributed by atoms with Gasteiger partial charge in [-0.05, 0) is 55.3 Å². The average molecular weight is 448 g/mol. The molecular formula is C22H29N3O3S2. The van der Waals surface area contributed by atoms with E-state index >= 15 is 0 Å². The number of amides is 1. The van der Waals surface area contributed by atoms with Gasteiger partial charge < -0.3 is 10.2 Å². The van der Waals surface area contributed by atoms with Gasteiger partial charge >= 0.3 is 0 Å². The zero-order chi connectivity index (χ0) is 21.6. The van der Waals surface area contributed by atoms with E-state index in [-0.39, 0.29) is 12.5 Å². The molecule has 0 saturated heterocycles. The van der Waals surface area contributed by atoms with Crippen molar-refractivity contribution in [3.05, 3.63) is 54.1 Å². The number of sulfonamides is 1. The summed E-state index contributed by atoms with van der Waals surface area (Å²) in [6.45, 7) is 2.19. The molecule has 0 atom stereocenters. The Kier molecular flexibility index (Phi) is 7.66. The minimum Gasteiger partial charge on any atom is -0.371 e. The Morgan fingerprint density at radius 1 is 1.20 bits per heavy atom. The molecule has 1 heterocycles. The predicted molar refractivity (Wildman–Crippen MR) is 125 cm³/mol. The van der Waals surface area contributed by atoms with E-state index in [0.717, 1.165) is 47.8 Å². The van der Waals surface area contributed by atoms with E-state index in [9.17, 15) is 13.2 Å². The topological polar surface area (TPSA) is 69.7 Å². The lowest BCUT2D eigenvalue weighted by atomic mass is 10.0. The highest BCUT2D eigenvalue weighted by molar-refractivity contribution is 7.98. The summed E-state index contributed by atoms with van der Waals surface area (Å²) in [5, 5.41) is 2.87. The zero-order valence-electron chi connectivity index (χ0n) is 17.5.